The van der Waals surface area contributed by atoms with Crippen molar-refractivity contribution in [1.82, 2.24) is 4.90 Å². The molecule has 2 rings (SSSR count). The lowest BCUT2D eigenvalue weighted by Gasteiger charge is -2.23. The second-order valence-electron chi connectivity index (χ2n) is 10.1. The van der Waals surface area contributed by atoms with Gasteiger partial charge >= 0.3 is 6.09 Å². The van der Waals surface area contributed by atoms with E-state index in [1.54, 1.807) is 23.1 Å². The predicted molar refractivity (Wildman–Crippen MR) is 159 cm³/mol. The van der Waals surface area contributed by atoms with E-state index in [2.05, 4.69) is 18.6 Å². The molecule has 8 nitrogen and oxygen atoms in total. The van der Waals surface area contributed by atoms with Gasteiger partial charge in [0, 0.05) is 18.7 Å². The molecule has 1 amide bonds. The van der Waals surface area contributed by atoms with Crippen LogP contribution >= 0.6 is 0 Å². The van der Waals surface area contributed by atoms with Gasteiger partial charge in [0.15, 0.2) is 6.29 Å². The summed E-state index contributed by atoms with van der Waals surface area (Å²) in [5.41, 5.74) is 0.0383. The van der Waals surface area contributed by atoms with E-state index in [-0.39, 0.29) is 34.1 Å². The number of sulfonamides is 1. The van der Waals surface area contributed by atoms with E-state index >= 15 is 0 Å². The van der Waals surface area contributed by atoms with E-state index in [4.69, 9.17) is 4.74 Å². The molecule has 0 radical (unpaired) electrons. The standard InChI is InChI=1S/C31H46N2O6S/c1-3-5-7-9-11-16-22-33(23-17-12-10-8-6-4-2)31(36)39-25-28-27(24-34)30(35)21-20-29(28)32-40(37,38)26-18-14-13-15-19-26/h13-15,18-21,24,32,35H,3-12,16-17,22-23,25H2,1-2H3. The van der Waals surface area contributed by atoms with Crippen LogP contribution in [0, 0.1) is 0 Å². The highest BCUT2D eigenvalue weighted by Gasteiger charge is 2.22. The second-order valence-corrected chi connectivity index (χ2v) is 11.8. The number of ether oxygens (including phenoxy) is 1. The summed E-state index contributed by atoms with van der Waals surface area (Å²) in [6.45, 7) is 5.15. The van der Waals surface area contributed by atoms with Crippen LogP contribution in [0.2, 0.25) is 0 Å². The minimum absolute atomic E-state index is 0.0442. The van der Waals surface area contributed by atoms with Crippen LogP contribution in [0.4, 0.5) is 10.5 Å². The van der Waals surface area contributed by atoms with Gasteiger partial charge in [0.2, 0.25) is 0 Å². The molecule has 0 bridgehead atoms. The highest BCUT2D eigenvalue weighted by molar-refractivity contribution is 7.92. The lowest BCUT2D eigenvalue weighted by molar-refractivity contribution is 0.0938. The number of hydrogen-bond acceptors (Lipinski definition) is 6. The smallest absolute Gasteiger partial charge is 0.410 e. The van der Waals surface area contributed by atoms with E-state index in [0.29, 0.717) is 19.4 Å². The number of anilines is 1. The topological polar surface area (TPSA) is 113 Å². The third-order valence-electron chi connectivity index (χ3n) is 6.91. The van der Waals surface area contributed by atoms with Crippen LogP contribution in [0.5, 0.6) is 5.75 Å². The monoisotopic (exact) mass is 574 g/mol. The molecular formula is C31H46N2O6S. The summed E-state index contributed by atoms with van der Waals surface area (Å²) in [5, 5.41) is 10.3. The second kappa shape index (κ2) is 18.3. The zero-order chi connectivity index (χ0) is 29.2. The molecule has 222 valence electrons. The van der Waals surface area contributed by atoms with Gasteiger partial charge in [0.1, 0.15) is 12.4 Å². The molecule has 0 fully saturated rings. The van der Waals surface area contributed by atoms with Gasteiger partial charge in [0.05, 0.1) is 16.1 Å². The van der Waals surface area contributed by atoms with Crippen LogP contribution in [0.25, 0.3) is 0 Å². The Balaban J connectivity index is 2.13. The molecule has 2 aromatic rings. The number of aromatic hydroxyl groups is 1. The fraction of sp³-hybridized carbons (Fsp3) is 0.548. The predicted octanol–water partition coefficient (Wildman–Crippen LogP) is 7.67. The summed E-state index contributed by atoms with van der Waals surface area (Å²) in [4.78, 5) is 26.7. The number of amides is 1. The van der Waals surface area contributed by atoms with Gasteiger partial charge in [-0.15, -0.1) is 0 Å². The first-order valence-corrected chi connectivity index (χ1v) is 16.1. The molecule has 0 aliphatic carbocycles. The Morgan fingerprint density at radius 3 is 1.95 bits per heavy atom. The van der Waals surface area contributed by atoms with Gasteiger partial charge in [-0.1, -0.05) is 96.3 Å². The fourth-order valence-corrected chi connectivity index (χ4v) is 5.64. The molecule has 0 aliphatic heterocycles. The molecule has 0 atom stereocenters. The van der Waals surface area contributed by atoms with Crippen molar-refractivity contribution in [2.45, 2.75) is 102 Å². The average Bonchev–Trinajstić information content (AvgIpc) is 2.95. The van der Waals surface area contributed by atoms with Crippen LogP contribution in [0.15, 0.2) is 47.4 Å². The van der Waals surface area contributed by atoms with Gasteiger partial charge < -0.3 is 14.7 Å². The Morgan fingerprint density at radius 1 is 0.850 bits per heavy atom. The van der Waals surface area contributed by atoms with Crippen molar-refractivity contribution in [3.05, 3.63) is 53.6 Å². The number of nitrogens with one attached hydrogen (secondary N) is 1. The Bertz CT molecular complexity index is 1120. The van der Waals surface area contributed by atoms with Gasteiger partial charge in [-0.25, -0.2) is 13.2 Å². The number of benzene rings is 2. The van der Waals surface area contributed by atoms with Gasteiger partial charge in [-0.05, 0) is 37.1 Å². The highest BCUT2D eigenvalue weighted by Crippen LogP contribution is 2.29. The number of carbonyl (C=O) groups excluding carboxylic acids is 2. The van der Waals surface area contributed by atoms with Crippen molar-refractivity contribution in [3.8, 4) is 5.75 Å². The molecule has 0 heterocycles. The Hall–Kier alpha value is -3.07. The maximum Gasteiger partial charge on any atom is 0.410 e. The molecule has 0 aromatic heterocycles. The molecular weight excluding hydrogens is 528 g/mol. The average molecular weight is 575 g/mol. The van der Waals surface area contributed by atoms with E-state index in [0.717, 1.165) is 38.5 Å². The van der Waals surface area contributed by atoms with Crippen molar-refractivity contribution in [2.75, 3.05) is 17.8 Å². The minimum Gasteiger partial charge on any atom is -0.507 e. The van der Waals surface area contributed by atoms with Gasteiger partial charge in [0.25, 0.3) is 10.0 Å². The van der Waals surface area contributed by atoms with Crippen molar-refractivity contribution in [3.63, 3.8) is 0 Å². The third kappa shape index (κ3) is 11.2. The summed E-state index contributed by atoms with van der Waals surface area (Å²) in [6, 6.07) is 10.4. The molecule has 9 heteroatoms. The number of nitrogens with zero attached hydrogens (tertiary/aromatic N) is 1. The van der Waals surface area contributed by atoms with Crippen LogP contribution in [0.1, 0.15) is 107 Å². The first-order valence-electron chi connectivity index (χ1n) is 14.6. The van der Waals surface area contributed by atoms with Crippen LogP contribution < -0.4 is 4.72 Å². The van der Waals surface area contributed by atoms with Gasteiger partial charge in [-0.2, -0.15) is 0 Å². The number of rotatable bonds is 20. The number of phenols is 1. The molecule has 2 aromatic carbocycles. The maximum atomic E-state index is 13.2. The summed E-state index contributed by atoms with van der Waals surface area (Å²) >= 11 is 0. The first-order chi connectivity index (χ1) is 19.3. The normalized spacial score (nSPS) is 11.2. The molecule has 2 N–H and O–H groups in total. The van der Waals surface area contributed by atoms with Crippen molar-refractivity contribution >= 4 is 28.1 Å². The fourth-order valence-electron chi connectivity index (χ4n) is 4.52. The lowest BCUT2D eigenvalue weighted by atomic mass is 10.1. The van der Waals surface area contributed by atoms with Crippen molar-refractivity contribution < 1.29 is 27.9 Å². The van der Waals surface area contributed by atoms with E-state index in [1.165, 1.54) is 62.8 Å². The Labute approximate surface area is 240 Å². The quantitative estimate of drug-likeness (QED) is 0.0953. The van der Waals surface area contributed by atoms with Gasteiger partial charge in [-0.3, -0.25) is 9.52 Å². The molecule has 0 unspecified atom stereocenters. The summed E-state index contributed by atoms with van der Waals surface area (Å²) in [5.74, 6) is -0.320. The number of phenolic OH excluding ortho intramolecular Hbond substituents is 1. The third-order valence-corrected chi connectivity index (χ3v) is 8.29. The highest BCUT2D eigenvalue weighted by atomic mass is 32.2. The number of unbranched alkanes of at least 4 members (excludes halogenated alkanes) is 10. The number of carbonyl (C=O) groups is 2. The molecule has 0 saturated heterocycles. The Morgan fingerprint density at radius 2 is 1.40 bits per heavy atom. The van der Waals surface area contributed by atoms with Crippen molar-refractivity contribution in [1.29, 1.82) is 0 Å². The minimum atomic E-state index is -3.97. The van der Waals surface area contributed by atoms with Crippen LogP contribution in [-0.2, 0) is 21.4 Å². The largest absolute Gasteiger partial charge is 0.507 e. The van der Waals surface area contributed by atoms with E-state index in [9.17, 15) is 23.1 Å². The zero-order valence-corrected chi connectivity index (χ0v) is 24.9. The van der Waals surface area contributed by atoms with E-state index in [1.807, 2.05) is 0 Å². The summed E-state index contributed by atoms with van der Waals surface area (Å²) in [7, 11) is -3.97. The lowest BCUT2D eigenvalue weighted by Crippen LogP contribution is -2.33. The van der Waals surface area contributed by atoms with Crippen LogP contribution in [0.3, 0.4) is 0 Å². The summed E-state index contributed by atoms with van der Waals surface area (Å²) < 4.78 is 34.0. The SMILES string of the molecule is CCCCCCCCN(CCCCCCCC)C(=O)OCc1c(NS(=O)(=O)c2ccccc2)ccc(O)c1C=O. The molecule has 0 saturated carbocycles. The zero-order valence-electron chi connectivity index (χ0n) is 24.1. The van der Waals surface area contributed by atoms with Crippen LogP contribution in [-0.4, -0.2) is 43.9 Å². The molecule has 0 aliphatic rings. The van der Waals surface area contributed by atoms with Crippen molar-refractivity contribution in [2.24, 2.45) is 0 Å². The molecule has 0 spiro atoms. The number of hydrogen-bond donors (Lipinski definition) is 2. The number of aldehydes is 1. The maximum absolute atomic E-state index is 13.2. The molecule has 40 heavy (non-hydrogen) atoms. The van der Waals surface area contributed by atoms with E-state index < -0.39 is 16.1 Å². The Kier molecular flexibility index (Phi) is 15.2. The first kappa shape index (κ1) is 33.1. The summed E-state index contributed by atoms with van der Waals surface area (Å²) in [6.07, 6.45) is 13.2.